The predicted molar refractivity (Wildman–Crippen MR) is 41.5 cm³/mol. The Morgan fingerprint density at radius 3 is 2.27 bits per heavy atom. The number of esters is 1. The van der Waals surface area contributed by atoms with Crippen molar-refractivity contribution >= 4 is 22.1 Å². The fourth-order valence-electron chi connectivity index (χ4n) is 0.432. The fourth-order valence-corrected chi connectivity index (χ4v) is 0.726. The summed E-state index contributed by atoms with van der Waals surface area (Å²) in [4.78, 5) is 20.4. The standard InChI is InChI=1S/C6H8O7S.Na/c7-5(8)1-2-6(9)13-3-4-14(10,11)12;/h1-2H,3-4H2,(H,7,8)(H,10,11,12);/q;+1/p-1/b2-1-;. The zero-order chi connectivity index (χ0) is 11.2. The van der Waals surface area contributed by atoms with Crippen LogP contribution < -0.4 is 34.7 Å². The number of hydrogen-bond donors (Lipinski definition) is 1. The molecule has 0 radical (unpaired) electrons. The van der Waals surface area contributed by atoms with Gasteiger partial charge >= 0.3 is 35.5 Å². The van der Waals surface area contributed by atoms with Gasteiger partial charge in [-0.1, -0.05) is 0 Å². The van der Waals surface area contributed by atoms with Gasteiger partial charge in [0.2, 0.25) is 0 Å². The molecule has 0 amide bonds. The number of hydrogen-bond acceptors (Lipinski definition) is 6. The van der Waals surface area contributed by atoms with Crippen molar-refractivity contribution in [1.82, 2.24) is 0 Å². The van der Waals surface area contributed by atoms with Crippen molar-refractivity contribution < 1.29 is 62.0 Å². The Balaban J connectivity index is 0. The van der Waals surface area contributed by atoms with E-state index in [0.29, 0.717) is 12.2 Å². The molecule has 0 rings (SSSR count). The Bertz CT molecular complexity index is 344. The first-order valence-electron chi connectivity index (χ1n) is 3.32. The molecule has 0 saturated heterocycles. The molecule has 0 unspecified atom stereocenters. The maximum Gasteiger partial charge on any atom is 1.00 e. The summed E-state index contributed by atoms with van der Waals surface area (Å²) in [7, 11) is -4.18. The molecule has 0 bridgehead atoms. The van der Waals surface area contributed by atoms with Gasteiger partial charge in [0.15, 0.2) is 0 Å². The Labute approximate surface area is 108 Å². The third kappa shape index (κ3) is 13.6. The Morgan fingerprint density at radius 1 is 1.33 bits per heavy atom. The molecule has 7 nitrogen and oxygen atoms in total. The smallest absolute Gasteiger partial charge is 0.545 e. The molecule has 0 saturated carbocycles. The van der Waals surface area contributed by atoms with E-state index in [2.05, 4.69) is 4.74 Å². The first-order valence-corrected chi connectivity index (χ1v) is 4.93. The normalized spacial score (nSPS) is 10.7. The summed E-state index contributed by atoms with van der Waals surface area (Å²) in [6.45, 7) is -0.547. The fraction of sp³-hybridized carbons (Fsp3) is 0.333. The monoisotopic (exact) mass is 246 g/mol. The van der Waals surface area contributed by atoms with E-state index < -0.39 is 34.4 Å². The van der Waals surface area contributed by atoms with E-state index in [1.165, 1.54) is 0 Å². The average molecular weight is 246 g/mol. The summed E-state index contributed by atoms with van der Waals surface area (Å²) in [6, 6.07) is 0. The van der Waals surface area contributed by atoms with Crippen LogP contribution in [-0.4, -0.2) is 37.3 Å². The third-order valence-corrected chi connectivity index (χ3v) is 1.62. The van der Waals surface area contributed by atoms with E-state index in [0.717, 1.165) is 0 Å². The first-order chi connectivity index (χ1) is 6.31. The Kier molecular flexibility index (Phi) is 8.87. The van der Waals surface area contributed by atoms with Crippen LogP contribution in [-0.2, 0) is 24.4 Å². The molecule has 0 atom stereocenters. The number of carbonyl (C=O) groups is 2. The summed E-state index contributed by atoms with van der Waals surface area (Å²) in [5.41, 5.74) is 0. The molecular weight excluding hydrogens is 239 g/mol. The van der Waals surface area contributed by atoms with Crippen LogP contribution in [0.25, 0.3) is 0 Å². The van der Waals surface area contributed by atoms with Crippen LogP contribution in [0.5, 0.6) is 0 Å². The van der Waals surface area contributed by atoms with E-state index in [-0.39, 0.29) is 29.6 Å². The molecule has 80 valence electrons. The second-order valence-electron chi connectivity index (χ2n) is 2.11. The van der Waals surface area contributed by atoms with Gasteiger partial charge < -0.3 is 14.6 Å². The molecule has 0 fully saturated rings. The molecule has 0 aromatic heterocycles. The van der Waals surface area contributed by atoms with Crippen molar-refractivity contribution in [2.45, 2.75) is 0 Å². The summed E-state index contributed by atoms with van der Waals surface area (Å²) in [5.74, 6) is -3.34. The maximum absolute atomic E-state index is 10.6. The van der Waals surface area contributed by atoms with Crippen molar-refractivity contribution in [1.29, 1.82) is 0 Å². The maximum atomic E-state index is 10.6. The van der Waals surface area contributed by atoms with Crippen molar-refractivity contribution in [3.05, 3.63) is 12.2 Å². The Hall–Kier alpha value is -0.410. The zero-order valence-electron chi connectivity index (χ0n) is 7.87. The molecule has 15 heavy (non-hydrogen) atoms. The van der Waals surface area contributed by atoms with E-state index in [4.69, 9.17) is 4.55 Å². The number of aliphatic carboxylic acids is 1. The molecule has 0 spiro atoms. The second-order valence-corrected chi connectivity index (χ2v) is 3.68. The number of carboxylic acids is 1. The molecule has 0 heterocycles. The van der Waals surface area contributed by atoms with Gasteiger partial charge in [-0.25, -0.2) is 4.79 Å². The first kappa shape index (κ1) is 17.0. The minimum absolute atomic E-state index is 0. The second kappa shape index (κ2) is 7.83. The van der Waals surface area contributed by atoms with Crippen molar-refractivity contribution in [3.63, 3.8) is 0 Å². The molecule has 0 aliphatic heterocycles. The van der Waals surface area contributed by atoms with Gasteiger partial charge in [0.05, 0.1) is 5.97 Å². The quantitative estimate of drug-likeness (QED) is 0.222. The zero-order valence-corrected chi connectivity index (χ0v) is 10.7. The number of carbonyl (C=O) groups excluding carboxylic acids is 2. The molecule has 0 aromatic carbocycles. The average Bonchev–Trinajstić information content (AvgIpc) is 1.98. The van der Waals surface area contributed by atoms with Crippen molar-refractivity contribution in [2.24, 2.45) is 0 Å². The van der Waals surface area contributed by atoms with Crippen LogP contribution in [0.2, 0.25) is 0 Å². The van der Waals surface area contributed by atoms with E-state index in [1.807, 2.05) is 0 Å². The minimum atomic E-state index is -4.18. The summed E-state index contributed by atoms with van der Waals surface area (Å²) in [5, 5.41) is 9.80. The van der Waals surface area contributed by atoms with E-state index in [1.54, 1.807) is 0 Å². The largest absolute Gasteiger partial charge is 1.00 e. The van der Waals surface area contributed by atoms with Gasteiger partial charge in [0.1, 0.15) is 12.4 Å². The third-order valence-electron chi connectivity index (χ3n) is 0.941. The predicted octanol–water partition coefficient (Wildman–Crippen LogP) is -5.27. The minimum Gasteiger partial charge on any atom is -0.545 e. The van der Waals surface area contributed by atoms with Gasteiger partial charge in [-0.05, 0) is 6.08 Å². The van der Waals surface area contributed by atoms with Crippen LogP contribution in [0, 0.1) is 0 Å². The van der Waals surface area contributed by atoms with Gasteiger partial charge in [0, 0.05) is 6.08 Å². The van der Waals surface area contributed by atoms with Crippen LogP contribution >= 0.6 is 0 Å². The van der Waals surface area contributed by atoms with Gasteiger partial charge in [-0.15, -0.1) is 0 Å². The van der Waals surface area contributed by atoms with Crippen molar-refractivity contribution in [2.75, 3.05) is 12.4 Å². The van der Waals surface area contributed by atoms with E-state index in [9.17, 15) is 23.1 Å². The van der Waals surface area contributed by atoms with Crippen LogP contribution in [0.15, 0.2) is 12.2 Å². The summed E-state index contributed by atoms with van der Waals surface area (Å²) in [6.07, 6.45) is 1.01. The van der Waals surface area contributed by atoms with Gasteiger partial charge in [-0.2, -0.15) is 8.42 Å². The van der Waals surface area contributed by atoms with Crippen LogP contribution in [0.1, 0.15) is 0 Å². The van der Waals surface area contributed by atoms with E-state index >= 15 is 0 Å². The molecular formula is C6H7NaO7S. The molecule has 0 aliphatic rings. The topological polar surface area (TPSA) is 121 Å². The summed E-state index contributed by atoms with van der Waals surface area (Å²) < 4.78 is 32.7. The molecule has 0 aliphatic carbocycles. The SMILES string of the molecule is O=C([O-])/C=C\C(=O)OCCS(=O)(=O)O.[Na+]. The Morgan fingerprint density at radius 2 is 1.87 bits per heavy atom. The number of carboxylic acid groups (broad SMARTS) is 1. The van der Waals surface area contributed by atoms with Crippen LogP contribution in [0.3, 0.4) is 0 Å². The molecule has 0 aromatic rings. The summed E-state index contributed by atoms with van der Waals surface area (Å²) >= 11 is 0. The van der Waals surface area contributed by atoms with Gasteiger partial charge in [-0.3, -0.25) is 4.55 Å². The molecule has 1 N–H and O–H groups in total. The number of rotatable bonds is 5. The number of ether oxygens (including phenoxy) is 1. The van der Waals surface area contributed by atoms with Crippen molar-refractivity contribution in [3.8, 4) is 0 Å². The molecule has 9 heteroatoms. The van der Waals surface area contributed by atoms with Gasteiger partial charge in [0.25, 0.3) is 10.1 Å². The van der Waals surface area contributed by atoms with Crippen LogP contribution in [0.4, 0.5) is 0 Å².